The zero-order chi connectivity index (χ0) is 10.7. The summed E-state index contributed by atoms with van der Waals surface area (Å²) in [6.45, 7) is 1.24. The lowest BCUT2D eigenvalue weighted by atomic mass is 9.80. The molecular formula is C13H26N2. The van der Waals surface area contributed by atoms with E-state index in [1.807, 2.05) is 0 Å². The quantitative estimate of drug-likeness (QED) is 0.768. The van der Waals surface area contributed by atoms with Gasteiger partial charge in [-0.25, -0.2) is 0 Å². The smallest absolute Gasteiger partial charge is 0.0271 e. The van der Waals surface area contributed by atoms with Crippen molar-refractivity contribution in [2.45, 2.75) is 57.0 Å². The molecule has 0 radical (unpaired) electrons. The number of nitrogens with one attached hydrogen (secondary N) is 1. The van der Waals surface area contributed by atoms with E-state index in [2.05, 4.69) is 24.3 Å². The fourth-order valence-corrected chi connectivity index (χ4v) is 3.59. The van der Waals surface area contributed by atoms with Crippen LogP contribution in [0, 0.1) is 5.92 Å². The number of nitrogens with zero attached hydrogens (tertiary/aromatic N) is 1. The van der Waals surface area contributed by atoms with Crippen molar-refractivity contribution < 1.29 is 0 Å². The maximum atomic E-state index is 3.69. The fraction of sp³-hybridized carbons (Fsp3) is 1.00. The molecule has 2 aliphatic rings. The Hall–Kier alpha value is -0.0800. The van der Waals surface area contributed by atoms with Crippen LogP contribution < -0.4 is 5.32 Å². The van der Waals surface area contributed by atoms with Gasteiger partial charge in [-0.05, 0) is 52.2 Å². The topological polar surface area (TPSA) is 15.3 Å². The summed E-state index contributed by atoms with van der Waals surface area (Å²) in [5.41, 5.74) is 0. The lowest BCUT2D eigenvalue weighted by Gasteiger charge is -2.38. The molecule has 0 aromatic rings. The van der Waals surface area contributed by atoms with Crippen LogP contribution in [0.15, 0.2) is 0 Å². The van der Waals surface area contributed by atoms with Crippen LogP contribution in [0.1, 0.15) is 44.9 Å². The predicted octanol–water partition coefficient (Wildman–Crippen LogP) is 2.25. The number of hydrogen-bond acceptors (Lipinski definition) is 2. The van der Waals surface area contributed by atoms with Gasteiger partial charge in [0.15, 0.2) is 0 Å². The summed E-state index contributed by atoms with van der Waals surface area (Å²) in [7, 11) is 4.53. The van der Waals surface area contributed by atoms with Gasteiger partial charge in [0.05, 0.1) is 0 Å². The molecule has 0 amide bonds. The first-order chi connectivity index (χ1) is 7.29. The molecule has 2 atom stereocenters. The molecule has 88 valence electrons. The Morgan fingerprint density at radius 3 is 2.27 bits per heavy atom. The van der Waals surface area contributed by atoms with Crippen molar-refractivity contribution in [2.24, 2.45) is 5.92 Å². The van der Waals surface area contributed by atoms with Gasteiger partial charge in [0.2, 0.25) is 0 Å². The predicted molar refractivity (Wildman–Crippen MR) is 65.1 cm³/mol. The highest BCUT2D eigenvalue weighted by Crippen LogP contribution is 2.31. The molecule has 2 nitrogen and oxygen atoms in total. The molecule has 2 unspecified atom stereocenters. The monoisotopic (exact) mass is 210 g/mol. The highest BCUT2D eigenvalue weighted by Gasteiger charge is 2.33. The summed E-state index contributed by atoms with van der Waals surface area (Å²) >= 11 is 0. The third-order valence-corrected chi connectivity index (χ3v) is 4.24. The number of rotatable bonds is 3. The van der Waals surface area contributed by atoms with Crippen LogP contribution in [0.2, 0.25) is 0 Å². The van der Waals surface area contributed by atoms with Crippen LogP contribution in [0.4, 0.5) is 0 Å². The highest BCUT2D eigenvalue weighted by molar-refractivity contribution is 4.91. The second-order valence-corrected chi connectivity index (χ2v) is 5.56. The Labute approximate surface area is 94.4 Å². The standard InChI is InChI=1S/C13H26N2/c1-15(2)13(12-9-6-10-14-12)11-7-4-3-5-8-11/h11-14H,3-10H2,1-2H3. The van der Waals surface area contributed by atoms with Crippen LogP contribution in [0.5, 0.6) is 0 Å². The van der Waals surface area contributed by atoms with Gasteiger partial charge in [0.1, 0.15) is 0 Å². The van der Waals surface area contributed by atoms with Gasteiger partial charge in [0, 0.05) is 12.1 Å². The van der Waals surface area contributed by atoms with Gasteiger partial charge in [0.25, 0.3) is 0 Å². The third kappa shape index (κ3) is 2.73. The van der Waals surface area contributed by atoms with E-state index >= 15 is 0 Å². The molecule has 1 heterocycles. The maximum absolute atomic E-state index is 3.69. The average molecular weight is 210 g/mol. The van der Waals surface area contributed by atoms with Gasteiger partial charge in [-0.15, -0.1) is 0 Å². The molecule has 1 saturated carbocycles. The zero-order valence-corrected chi connectivity index (χ0v) is 10.3. The van der Waals surface area contributed by atoms with E-state index in [0.29, 0.717) is 0 Å². The molecule has 15 heavy (non-hydrogen) atoms. The van der Waals surface area contributed by atoms with E-state index in [1.54, 1.807) is 0 Å². The van der Waals surface area contributed by atoms with Crippen molar-refractivity contribution in [2.75, 3.05) is 20.6 Å². The van der Waals surface area contributed by atoms with Crippen LogP contribution in [0.3, 0.4) is 0 Å². The first-order valence-corrected chi connectivity index (χ1v) is 6.69. The normalized spacial score (nSPS) is 31.0. The van der Waals surface area contributed by atoms with Gasteiger partial charge in [-0.3, -0.25) is 0 Å². The Bertz CT molecular complexity index is 179. The summed E-state index contributed by atoms with van der Waals surface area (Å²) in [5.74, 6) is 0.948. The van der Waals surface area contributed by atoms with Crippen molar-refractivity contribution in [3.8, 4) is 0 Å². The molecule has 2 rings (SSSR count). The minimum absolute atomic E-state index is 0.767. The summed E-state index contributed by atoms with van der Waals surface area (Å²) in [5, 5.41) is 3.69. The summed E-state index contributed by atoms with van der Waals surface area (Å²) in [4.78, 5) is 2.47. The summed E-state index contributed by atoms with van der Waals surface area (Å²) in [6, 6.07) is 1.55. The maximum Gasteiger partial charge on any atom is 0.0271 e. The molecule has 1 aliphatic heterocycles. The van der Waals surface area contributed by atoms with Crippen LogP contribution >= 0.6 is 0 Å². The van der Waals surface area contributed by atoms with Gasteiger partial charge < -0.3 is 10.2 Å². The van der Waals surface area contributed by atoms with Crippen molar-refractivity contribution in [1.82, 2.24) is 10.2 Å². The fourth-order valence-electron chi connectivity index (χ4n) is 3.59. The molecule has 1 aliphatic carbocycles. The van der Waals surface area contributed by atoms with E-state index in [1.165, 1.54) is 51.5 Å². The molecule has 2 heteroatoms. The van der Waals surface area contributed by atoms with E-state index in [4.69, 9.17) is 0 Å². The lowest BCUT2D eigenvalue weighted by Crippen LogP contribution is -2.49. The van der Waals surface area contributed by atoms with Crippen molar-refractivity contribution in [1.29, 1.82) is 0 Å². The summed E-state index contributed by atoms with van der Waals surface area (Å²) in [6.07, 6.45) is 10.1. The largest absolute Gasteiger partial charge is 0.312 e. The van der Waals surface area contributed by atoms with Gasteiger partial charge in [-0.2, -0.15) is 0 Å². The van der Waals surface area contributed by atoms with Crippen molar-refractivity contribution in [3.63, 3.8) is 0 Å². The van der Waals surface area contributed by atoms with Gasteiger partial charge >= 0.3 is 0 Å². The van der Waals surface area contributed by atoms with Crippen molar-refractivity contribution >= 4 is 0 Å². The molecule has 1 saturated heterocycles. The minimum atomic E-state index is 0.767. The minimum Gasteiger partial charge on any atom is -0.312 e. The Kier molecular flexibility index (Phi) is 4.04. The molecule has 2 fully saturated rings. The SMILES string of the molecule is CN(C)C(C1CCCCC1)C1CCCN1. The highest BCUT2D eigenvalue weighted by atomic mass is 15.2. The van der Waals surface area contributed by atoms with E-state index in [0.717, 1.165) is 18.0 Å². The van der Waals surface area contributed by atoms with Crippen LogP contribution in [0.25, 0.3) is 0 Å². The van der Waals surface area contributed by atoms with Crippen molar-refractivity contribution in [3.05, 3.63) is 0 Å². The van der Waals surface area contributed by atoms with Crippen LogP contribution in [-0.4, -0.2) is 37.6 Å². The third-order valence-electron chi connectivity index (χ3n) is 4.24. The Balaban J connectivity index is 1.97. The molecule has 1 N–H and O–H groups in total. The second-order valence-electron chi connectivity index (χ2n) is 5.56. The molecular weight excluding hydrogens is 184 g/mol. The number of hydrogen-bond donors (Lipinski definition) is 1. The van der Waals surface area contributed by atoms with E-state index < -0.39 is 0 Å². The first kappa shape index (κ1) is 11.4. The van der Waals surface area contributed by atoms with E-state index in [-0.39, 0.29) is 0 Å². The lowest BCUT2D eigenvalue weighted by molar-refractivity contribution is 0.136. The molecule has 0 spiro atoms. The second kappa shape index (κ2) is 5.31. The molecule has 0 aromatic carbocycles. The average Bonchev–Trinajstić information content (AvgIpc) is 2.72. The first-order valence-electron chi connectivity index (χ1n) is 6.69. The van der Waals surface area contributed by atoms with E-state index in [9.17, 15) is 0 Å². The van der Waals surface area contributed by atoms with Crippen LogP contribution in [-0.2, 0) is 0 Å². The Morgan fingerprint density at radius 2 is 1.73 bits per heavy atom. The molecule has 0 aromatic heterocycles. The Morgan fingerprint density at radius 1 is 1.00 bits per heavy atom. The zero-order valence-electron chi connectivity index (χ0n) is 10.3. The van der Waals surface area contributed by atoms with Gasteiger partial charge in [-0.1, -0.05) is 19.3 Å². The summed E-state index contributed by atoms with van der Waals surface area (Å²) < 4.78 is 0. The molecule has 0 bridgehead atoms. The number of likely N-dealkylation sites (N-methyl/N-ethyl adjacent to an activating group) is 1.